The molecule has 0 atom stereocenters. The van der Waals surface area contributed by atoms with Crippen molar-refractivity contribution >= 4 is 33.0 Å². The van der Waals surface area contributed by atoms with Crippen LogP contribution in [0.3, 0.4) is 0 Å². The van der Waals surface area contributed by atoms with E-state index in [1.807, 2.05) is 31.2 Å². The Balaban J connectivity index is 2.29. The van der Waals surface area contributed by atoms with E-state index in [1.165, 1.54) is 11.3 Å². The summed E-state index contributed by atoms with van der Waals surface area (Å²) < 4.78 is 1.05. The molecule has 1 aromatic carbocycles. The molecule has 4 nitrogen and oxygen atoms in total. The van der Waals surface area contributed by atoms with E-state index in [0.717, 1.165) is 16.5 Å². The van der Waals surface area contributed by atoms with Crippen molar-refractivity contribution in [3.63, 3.8) is 0 Å². The van der Waals surface area contributed by atoms with E-state index < -0.39 is 0 Å². The monoisotopic (exact) mass is 278 g/mol. The molecular weight excluding hydrogens is 260 g/mol. The van der Waals surface area contributed by atoms with Crippen molar-refractivity contribution < 1.29 is 9.90 Å². The molecule has 0 unspecified atom stereocenters. The SMILES string of the molecule is CCCN(CCO)C(=O)c1cc2cc(N)ccc2s1. The van der Waals surface area contributed by atoms with Gasteiger partial charge in [0.05, 0.1) is 11.5 Å². The van der Waals surface area contributed by atoms with Gasteiger partial charge in [-0.1, -0.05) is 6.92 Å². The van der Waals surface area contributed by atoms with E-state index in [1.54, 1.807) is 4.90 Å². The molecule has 0 aliphatic rings. The van der Waals surface area contributed by atoms with Crippen molar-refractivity contribution in [3.8, 4) is 0 Å². The molecule has 0 saturated heterocycles. The van der Waals surface area contributed by atoms with E-state index in [-0.39, 0.29) is 12.5 Å². The number of amides is 1. The van der Waals surface area contributed by atoms with Crippen molar-refractivity contribution in [2.75, 3.05) is 25.4 Å². The molecule has 2 rings (SSSR count). The maximum atomic E-state index is 12.4. The number of carbonyl (C=O) groups is 1. The van der Waals surface area contributed by atoms with Gasteiger partial charge in [0.15, 0.2) is 0 Å². The molecule has 1 amide bonds. The molecule has 3 N–H and O–H groups in total. The smallest absolute Gasteiger partial charge is 0.264 e. The molecule has 102 valence electrons. The fourth-order valence-electron chi connectivity index (χ4n) is 2.03. The van der Waals surface area contributed by atoms with Crippen molar-refractivity contribution in [1.29, 1.82) is 0 Å². The predicted molar refractivity (Wildman–Crippen MR) is 79.5 cm³/mol. The van der Waals surface area contributed by atoms with E-state index in [4.69, 9.17) is 10.8 Å². The number of benzene rings is 1. The van der Waals surface area contributed by atoms with E-state index in [9.17, 15) is 4.79 Å². The molecule has 0 spiro atoms. The minimum atomic E-state index is -0.0179. The van der Waals surface area contributed by atoms with Crippen molar-refractivity contribution in [1.82, 2.24) is 4.90 Å². The lowest BCUT2D eigenvalue weighted by molar-refractivity contribution is 0.0727. The standard InChI is InChI=1S/C14H18N2O2S/c1-2-5-16(6-7-17)14(18)13-9-10-8-11(15)3-4-12(10)19-13/h3-4,8-9,17H,2,5-7,15H2,1H3. The molecule has 1 aromatic heterocycles. The highest BCUT2D eigenvalue weighted by molar-refractivity contribution is 7.20. The van der Waals surface area contributed by atoms with Crippen LogP contribution in [-0.4, -0.2) is 35.6 Å². The summed E-state index contributed by atoms with van der Waals surface area (Å²) in [5.41, 5.74) is 6.44. The van der Waals surface area contributed by atoms with Crippen LogP contribution < -0.4 is 5.73 Å². The Morgan fingerprint density at radius 1 is 1.37 bits per heavy atom. The van der Waals surface area contributed by atoms with Gasteiger partial charge in [-0.3, -0.25) is 4.79 Å². The summed E-state index contributed by atoms with van der Waals surface area (Å²) in [5.74, 6) is -0.0179. The zero-order valence-electron chi connectivity index (χ0n) is 10.9. The third kappa shape index (κ3) is 3.05. The van der Waals surface area contributed by atoms with Crippen LogP contribution in [0.25, 0.3) is 10.1 Å². The zero-order chi connectivity index (χ0) is 13.8. The Kier molecular flexibility index (Phi) is 4.39. The van der Waals surface area contributed by atoms with Crippen LogP contribution in [0.15, 0.2) is 24.3 Å². The summed E-state index contributed by atoms with van der Waals surface area (Å²) in [5, 5.41) is 10.0. The number of hydrogen-bond donors (Lipinski definition) is 2. The Hall–Kier alpha value is -1.59. The van der Waals surface area contributed by atoms with Gasteiger partial charge >= 0.3 is 0 Å². The molecule has 2 aromatic rings. The first kappa shape index (κ1) is 13.8. The molecule has 0 aliphatic heterocycles. The van der Waals surface area contributed by atoms with Gasteiger partial charge in [0.25, 0.3) is 5.91 Å². The van der Waals surface area contributed by atoms with Crippen LogP contribution in [0.1, 0.15) is 23.0 Å². The van der Waals surface area contributed by atoms with Crippen molar-refractivity contribution in [3.05, 3.63) is 29.1 Å². The molecule has 0 aliphatic carbocycles. The molecule has 0 fully saturated rings. The third-order valence-electron chi connectivity index (χ3n) is 2.90. The maximum Gasteiger partial charge on any atom is 0.264 e. The first-order valence-corrected chi connectivity index (χ1v) is 7.16. The van der Waals surface area contributed by atoms with Gasteiger partial charge in [-0.25, -0.2) is 0 Å². The predicted octanol–water partition coefficient (Wildman–Crippen LogP) is 2.33. The summed E-state index contributed by atoms with van der Waals surface area (Å²) in [4.78, 5) is 14.8. The fraction of sp³-hybridized carbons (Fsp3) is 0.357. The number of aliphatic hydroxyl groups is 1. The fourth-order valence-corrected chi connectivity index (χ4v) is 3.04. The normalized spacial score (nSPS) is 10.8. The number of fused-ring (bicyclic) bond motifs is 1. The zero-order valence-corrected chi connectivity index (χ0v) is 11.7. The number of thiophene rings is 1. The van der Waals surface area contributed by atoms with Crippen LogP contribution in [0, 0.1) is 0 Å². The molecule has 19 heavy (non-hydrogen) atoms. The lowest BCUT2D eigenvalue weighted by Crippen LogP contribution is -2.33. The highest BCUT2D eigenvalue weighted by Gasteiger charge is 2.17. The van der Waals surface area contributed by atoms with Crippen LogP contribution in [0.5, 0.6) is 0 Å². The van der Waals surface area contributed by atoms with Gasteiger partial charge in [0.1, 0.15) is 0 Å². The Bertz CT molecular complexity index is 574. The molecule has 0 radical (unpaired) electrons. The lowest BCUT2D eigenvalue weighted by atomic mass is 10.2. The molecule has 5 heteroatoms. The number of rotatable bonds is 5. The second-order valence-corrected chi connectivity index (χ2v) is 5.51. The number of anilines is 1. The summed E-state index contributed by atoms with van der Waals surface area (Å²) >= 11 is 1.47. The van der Waals surface area contributed by atoms with Gasteiger partial charge in [0, 0.05) is 23.5 Å². The van der Waals surface area contributed by atoms with Crippen molar-refractivity contribution in [2.45, 2.75) is 13.3 Å². The van der Waals surface area contributed by atoms with E-state index in [2.05, 4.69) is 0 Å². The van der Waals surface area contributed by atoms with E-state index >= 15 is 0 Å². The molecule has 0 bridgehead atoms. The number of nitrogen functional groups attached to an aromatic ring is 1. The largest absolute Gasteiger partial charge is 0.399 e. The summed E-state index contributed by atoms with van der Waals surface area (Å²) in [6.45, 7) is 3.05. The average molecular weight is 278 g/mol. The Morgan fingerprint density at radius 3 is 2.84 bits per heavy atom. The second kappa shape index (κ2) is 6.04. The van der Waals surface area contributed by atoms with Gasteiger partial charge < -0.3 is 15.7 Å². The Morgan fingerprint density at radius 2 is 2.16 bits per heavy atom. The molecule has 1 heterocycles. The first-order chi connectivity index (χ1) is 9.15. The van der Waals surface area contributed by atoms with Gasteiger partial charge in [-0.2, -0.15) is 0 Å². The highest BCUT2D eigenvalue weighted by atomic mass is 32.1. The van der Waals surface area contributed by atoms with Gasteiger partial charge in [-0.15, -0.1) is 11.3 Å². The molecular formula is C14H18N2O2S. The number of nitrogens with zero attached hydrogens (tertiary/aromatic N) is 1. The summed E-state index contributed by atoms with van der Waals surface area (Å²) in [6, 6.07) is 7.52. The third-order valence-corrected chi connectivity index (χ3v) is 4.01. The first-order valence-electron chi connectivity index (χ1n) is 6.35. The van der Waals surface area contributed by atoms with Crippen molar-refractivity contribution in [2.24, 2.45) is 0 Å². The number of nitrogens with two attached hydrogens (primary N) is 1. The number of carbonyl (C=O) groups excluding carboxylic acids is 1. The highest BCUT2D eigenvalue weighted by Crippen LogP contribution is 2.28. The minimum absolute atomic E-state index is 0.0103. The van der Waals surface area contributed by atoms with Gasteiger partial charge in [0.2, 0.25) is 0 Å². The topological polar surface area (TPSA) is 66.6 Å². The van der Waals surface area contributed by atoms with Crippen LogP contribution >= 0.6 is 11.3 Å². The van der Waals surface area contributed by atoms with Crippen LogP contribution in [0.2, 0.25) is 0 Å². The second-order valence-electron chi connectivity index (χ2n) is 4.42. The quantitative estimate of drug-likeness (QED) is 0.825. The average Bonchev–Trinajstić information content (AvgIpc) is 2.80. The number of aliphatic hydroxyl groups excluding tert-OH is 1. The lowest BCUT2D eigenvalue weighted by Gasteiger charge is -2.19. The molecule has 0 saturated carbocycles. The van der Waals surface area contributed by atoms with Gasteiger partial charge in [-0.05, 0) is 36.1 Å². The van der Waals surface area contributed by atoms with E-state index in [0.29, 0.717) is 23.7 Å². The summed E-state index contributed by atoms with van der Waals surface area (Å²) in [6.07, 6.45) is 0.879. The Labute approximate surface area is 116 Å². The van der Waals surface area contributed by atoms with Crippen LogP contribution in [-0.2, 0) is 0 Å². The summed E-state index contributed by atoms with van der Waals surface area (Å²) in [7, 11) is 0. The number of hydrogen-bond acceptors (Lipinski definition) is 4. The minimum Gasteiger partial charge on any atom is -0.399 e. The van der Waals surface area contributed by atoms with Crippen LogP contribution in [0.4, 0.5) is 5.69 Å². The maximum absolute atomic E-state index is 12.4.